The van der Waals surface area contributed by atoms with Crippen molar-refractivity contribution in [2.45, 2.75) is 392 Å². The van der Waals surface area contributed by atoms with Crippen LogP contribution in [0.4, 0.5) is 0 Å². The van der Waals surface area contributed by atoms with Gasteiger partial charge in [0.2, 0.25) is 5.91 Å². The molecule has 0 fully saturated rings. The Morgan fingerprint density at radius 3 is 0.973 bits per heavy atom. The summed E-state index contributed by atoms with van der Waals surface area (Å²) < 4.78 is 5.48. The molecule has 0 bridgehead atoms. The molecule has 0 radical (unpaired) electrons. The van der Waals surface area contributed by atoms with Gasteiger partial charge >= 0.3 is 5.97 Å². The third kappa shape index (κ3) is 59.7. The summed E-state index contributed by atoms with van der Waals surface area (Å²) in [4.78, 5) is 24.6. The van der Waals surface area contributed by atoms with Gasteiger partial charge in [0.15, 0.2) is 0 Å². The lowest BCUT2D eigenvalue weighted by molar-refractivity contribution is -0.143. The van der Waals surface area contributed by atoms with E-state index in [0.29, 0.717) is 25.9 Å². The van der Waals surface area contributed by atoms with Gasteiger partial charge in [0.1, 0.15) is 0 Å². The number of allylic oxidation sites excluding steroid dienone is 2. The maximum atomic E-state index is 12.5. The molecule has 6 nitrogen and oxygen atoms in total. The van der Waals surface area contributed by atoms with Gasteiger partial charge in [-0.2, -0.15) is 0 Å². The second kappa shape index (κ2) is 63.1. The highest BCUT2D eigenvalue weighted by Crippen LogP contribution is 2.19. The number of esters is 1. The number of carbonyl (C=O) groups is 2. The largest absolute Gasteiger partial charge is 0.466 e. The van der Waals surface area contributed by atoms with Crippen molar-refractivity contribution in [1.29, 1.82) is 0 Å². The molecule has 2 unspecified atom stereocenters. The molecule has 6 heteroatoms. The summed E-state index contributed by atoms with van der Waals surface area (Å²) in [5, 5.41) is 23.4. The lowest BCUT2D eigenvalue weighted by atomic mass is 10.0. The van der Waals surface area contributed by atoms with E-state index < -0.39 is 12.1 Å². The first-order chi connectivity index (χ1) is 36.0. The first kappa shape index (κ1) is 71.6. The van der Waals surface area contributed by atoms with E-state index >= 15 is 0 Å². The molecule has 0 aliphatic carbocycles. The van der Waals surface area contributed by atoms with Crippen molar-refractivity contribution in [3.8, 4) is 0 Å². The third-order valence-corrected chi connectivity index (χ3v) is 15.8. The predicted molar refractivity (Wildman–Crippen MR) is 320 cm³/mol. The van der Waals surface area contributed by atoms with Crippen molar-refractivity contribution in [3.05, 3.63) is 12.2 Å². The lowest BCUT2D eigenvalue weighted by Gasteiger charge is -2.22. The normalized spacial score (nSPS) is 12.5. The third-order valence-electron chi connectivity index (χ3n) is 15.8. The quantitative estimate of drug-likeness (QED) is 0.0320. The Balaban J connectivity index is 3.43. The minimum Gasteiger partial charge on any atom is -0.466 e. The second-order valence-electron chi connectivity index (χ2n) is 23.2. The van der Waals surface area contributed by atoms with Gasteiger partial charge in [-0.1, -0.05) is 328 Å². The van der Waals surface area contributed by atoms with E-state index in [1.165, 1.54) is 295 Å². The van der Waals surface area contributed by atoms with Crippen LogP contribution in [-0.4, -0.2) is 47.4 Å². The number of amides is 1. The molecule has 0 spiro atoms. The average molecular weight is 1030 g/mol. The fourth-order valence-electron chi connectivity index (χ4n) is 10.7. The van der Waals surface area contributed by atoms with Gasteiger partial charge < -0.3 is 20.3 Å². The van der Waals surface area contributed by atoms with E-state index in [1.807, 2.05) is 0 Å². The van der Waals surface area contributed by atoms with Crippen molar-refractivity contribution < 1.29 is 24.5 Å². The summed E-state index contributed by atoms with van der Waals surface area (Å²) in [5.41, 5.74) is 0. The van der Waals surface area contributed by atoms with Crippen LogP contribution in [-0.2, 0) is 14.3 Å². The van der Waals surface area contributed by atoms with Crippen LogP contribution in [0.5, 0.6) is 0 Å². The van der Waals surface area contributed by atoms with E-state index in [9.17, 15) is 19.8 Å². The minimum atomic E-state index is -0.673. The van der Waals surface area contributed by atoms with Crippen LogP contribution in [0, 0.1) is 0 Å². The summed E-state index contributed by atoms with van der Waals surface area (Å²) in [6, 6.07) is -0.551. The Kier molecular flexibility index (Phi) is 61.9. The van der Waals surface area contributed by atoms with Gasteiger partial charge in [-0.15, -0.1) is 0 Å². The highest BCUT2D eigenvalue weighted by atomic mass is 16.5. The fraction of sp³-hybridized carbons (Fsp3) is 0.940. The molecule has 0 saturated carbocycles. The standard InChI is InChI=1S/C67H131NO5/c1-3-5-7-9-11-13-15-17-19-20-21-22-23-24-25-26-28-32-35-39-43-47-51-55-59-65(70)64(63-69)68-66(71)60-56-52-48-44-40-36-33-29-27-30-34-38-42-46-50-54-58-62-73-67(72)61-57-53-49-45-41-37-31-18-16-14-12-10-8-6-4-2/h27,30,64-65,69-70H,3-26,28-29,31-63H2,1-2H3,(H,68,71)/b30-27-. The van der Waals surface area contributed by atoms with Crippen molar-refractivity contribution in [1.82, 2.24) is 5.32 Å². The number of aliphatic hydroxyl groups excluding tert-OH is 2. The van der Waals surface area contributed by atoms with E-state index in [0.717, 1.165) is 51.4 Å². The first-order valence-electron chi connectivity index (χ1n) is 33.4. The smallest absolute Gasteiger partial charge is 0.305 e. The molecule has 0 aromatic heterocycles. The van der Waals surface area contributed by atoms with Crippen LogP contribution in [0.1, 0.15) is 380 Å². The van der Waals surface area contributed by atoms with Crippen LogP contribution in [0.3, 0.4) is 0 Å². The zero-order chi connectivity index (χ0) is 52.9. The molecule has 0 rings (SSSR count). The summed E-state index contributed by atoms with van der Waals surface area (Å²) in [6.07, 6.45) is 76.6. The van der Waals surface area contributed by atoms with Crippen molar-refractivity contribution in [2.75, 3.05) is 13.2 Å². The fourth-order valence-corrected chi connectivity index (χ4v) is 10.7. The maximum Gasteiger partial charge on any atom is 0.305 e. The zero-order valence-corrected chi connectivity index (χ0v) is 49.6. The van der Waals surface area contributed by atoms with Crippen LogP contribution in [0.25, 0.3) is 0 Å². The van der Waals surface area contributed by atoms with E-state index in [4.69, 9.17) is 4.74 Å². The van der Waals surface area contributed by atoms with Crippen LogP contribution in [0.15, 0.2) is 12.2 Å². The molecule has 0 heterocycles. The number of nitrogens with one attached hydrogen (secondary N) is 1. The SMILES string of the molecule is CCCCCCCCCCCCCCCCCCCCCCCCCCC(O)C(CO)NC(=O)CCCCCCCCC/C=C\CCCCCCCCOC(=O)CCCCCCCCCCCCCCCCC. The predicted octanol–water partition coefficient (Wildman–Crippen LogP) is 21.2. The molecular formula is C67H131NO5. The summed E-state index contributed by atoms with van der Waals surface area (Å²) in [5.74, 6) is -0.0397. The van der Waals surface area contributed by atoms with Crippen molar-refractivity contribution in [2.24, 2.45) is 0 Å². The number of unbranched alkanes of at least 4 members (excludes halogenated alkanes) is 50. The second-order valence-corrected chi connectivity index (χ2v) is 23.2. The number of rotatable bonds is 63. The number of hydrogen-bond donors (Lipinski definition) is 3. The molecule has 0 saturated heterocycles. The Morgan fingerprint density at radius 2 is 0.644 bits per heavy atom. The van der Waals surface area contributed by atoms with Crippen LogP contribution < -0.4 is 5.32 Å². The molecule has 0 aromatic carbocycles. The lowest BCUT2D eigenvalue weighted by Crippen LogP contribution is -2.45. The zero-order valence-electron chi connectivity index (χ0n) is 49.6. The van der Waals surface area contributed by atoms with E-state index in [1.54, 1.807) is 0 Å². The molecule has 3 N–H and O–H groups in total. The van der Waals surface area contributed by atoms with Crippen molar-refractivity contribution >= 4 is 11.9 Å². The minimum absolute atomic E-state index is 0.00241. The highest BCUT2D eigenvalue weighted by molar-refractivity contribution is 5.76. The maximum absolute atomic E-state index is 12.5. The molecule has 1 amide bonds. The number of carbonyl (C=O) groups excluding carboxylic acids is 2. The van der Waals surface area contributed by atoms with Gasteiger partial charge in [0.05, 0.1) is 25.4 Å². The molecule has 2 atom stereocenters. The summed E-state index contributed by atoms with van der Waals surface area (Å²) in [6.45, 7) is 4.97. The first-order valence-corrected chi connectivity index (χ1v) is 33.4. The number of hydrogen-bond acceptors (Lipinski definition) is 5. The molecule has 73 heavy (non-hydrogen) atoms. The Hall–Kier alpha value is -1.40. The molecule has 0 aromatic rings. The monoisotopic (exact) mass is 1030 g/mol. The van der Waals surface area contributed by atoms with Gasteiger partial charge in [-0.3, -0.25) is 9.59 Å². The Bertz CT molecular complexity index is 1100. The van der Waals surface area contributed by atoms with E-state index in [-0.39, 0.29) is 18.5 Å². The van der Waals surface area contributed by atoms with Gasteiger partial charge in [-0.05, 0) is 51.4 Å². The molecule has 0 aliphatic heterocycles. The van der Waals surface area contributed by atoms with Crippen LogP contribution in [0.2, 0.25) is 0 Å². The topological polar surface area (TPSA) is 95.9 Å². The molecular weight excluding hydrogens is 899 g/mol. The Labute approximate surface area is 457 Å². The Morgan fingerprint density at radius 1 is 0.370 bits per heavy atom. The summed E-state index contributed by atoms with van der Waals surface area (Å²) >= 11 is 0. The number of aliphatic hydroxyl groups is 2. The highest BCUT2D eigenvalue weighted by Gasteiger charge is 2.20. The molecule has 434 valence electrons. The van der Waals surface area contributed by atoms with E-state index in [2.05, 4.69) is 31.3 Å². The van der Waals surface area contributed by atoms with Crippen LogP contribution >= 0.6 is 0 Å². The van der Waals surface area contributed by atoms with Gasteiger partial charge in [-0.25, -0.2) is 0 Å². The van der Waals surface area contributed by atoms with Gasteiger partial charge in [0.25, 0.3) is 0 Å². The van der Waals surface area contributed by atoms with Crippen molar-refractivity contribution in [3.63, 3.8) is 0 Å². The average Bonchev–Trinajstić information content (AvgIpc) is 3.39. The number of ether oxygens (including phenoxy) is 1. The van der Waals surface area contributed by atoms with Gasteiger partial charge in [0, 0.05) is 12.8 Å². The molecule has 0 aliphatic rings. The summed E-state index contributed by atoms with van der Waals surface area (Å²) in [7, 11) is 0.